The number of rotatable bonds is 5. The zero-order valence-corrected chi connectivity index (χ0v) is 13.3. The van der Waals surface area contributed by atoms with Gasteiger partial charge < -0.3 is 9.63 Å². The molecule has 1 aliphatic heterocycles. The van der Waals surface area contributed by atoms with E-state index in [0.717, 1.165) is 36.0 Å². The lowest BCUT2D eigenvalue weighted by atomic mass is 10.1. The van der Waals surface area contributed by atoms with Crippen molar-refractivity contribution in [2.75, 3.05) is 19.7 Å². The van der Waals surface area contributed by atoms with Crippen LogP contribution in [-0.4, -0.2) is 39.8 Å². The predicted octanol–water partition coefficient (Wildman–Crippen LogP) is 2.70. The van der Waals surface area contributed by atoms with Crippen molar-refractivity contribution >= 4 is 15.9 Å². The summed E-state index contributed by atoms with van der Waals surface area (Å²) in [4.78, 5) is 6.77. The summed E-state index contributed by atoms with van der Waals surface area (Å²) in [5.74, 6) is 1.86. The molecule has 0 spiro atoms. The summed E-state index contributed by atoms with van der Waals surface area (Å²) in [6.07, 6.45) is 2.01. The van der Waals surface area contributed by atoms with E-state index in [0.29, 0.717) is 24.2 Å². The van der Waals surface area contributed by atoms with Gasteiger partial charge >= 0.3 is 0 Å². The van der Waals surface area contributed by atoms with Gasteiger partial charge in [0.15, 0.2) is 0 Å². The maximum absolute atomic E-state index is 8.99. The van der Waals surface area contributed by atoms with E-state index in [1.54, 1.807) is 0 Å². The Hall–Kier alpha value is -1.24. The minimum atomic E-state index is 0.270. The van der Waals surface area contributed by atoms with Crippen molar-refractivity contribution in [2.24, 2.45) is 5.92 Å². The minimum Gasteiger partial charge on any atom is -0.396 e. The number of hydrogen-bond donors (Lipinski definition) is 1. The maximum atomic E-state index is 8.99. The van der Waals surface area contributed by atoms with E-state index < -0.39 is 0 Å². The van der Waals surface area contributed by atoms with Gasteiger partial charge in [-0.3, -0.25) is 4.90 Å². The molecule has 2 aromatic rings. The SMILES string of the molecule is OCCC1CCN(Cc2nc(-c3cccc(Br)c3)no2)C1. The second kappa shape index (κ2) is 6.68. The van der Waals surface area contributed by atoms with Gasteiger partial charge in [-0.25, -0.2) is 0 Å². The van der Waals surface area contributed by atoms with Crippen LogP contribution in [0.1, 0.15) is 18.7 Å². The first kappa shape index (κ1) is 14.7. The highest BCUT2D eigenvalue weighted by Crippen LogP contribution is 2.23. The Balaban J connectivity index is 1.63. The molecule has 21 heavy (non-hydrogen) atoms. The van der Waals surface area contributed by atoms with Gasteiger partial charge in [-0.2, -0.15) is 4.98 Å². The van der Waals surface area contributed by atoms with Crippen LogP contribution in [0, 0.1) is 5.92 Å². The molecule has 1 unspecified atom stereocenters. The van der Waals surface area contributed by atoms with Crippen LogP contribution in [-0.2, 0) is 6.54 Å². The number of hydrogen-bond acceptors (Lipinski definition) is 5. The fourth-order valence-electron chi connectivity index (χ4n) is 2.73. The van der Waals surface area contributed by atoms with E-state index in [-0.39, 0.29) is 6.61 Å². The van der Waals surface area contributed by atoms with Crippen molar-refractivity contribution in [1.82, 2.24) is 15.0 Å². The molecule has 0 amide bonds. The van der Waals surface area contributed by atoms with Crippen LogP contribution in [0.2, 0.25) is 0 Å². The number of aromatic nitrogens is 2. The molecule has 1 fully saturated rings. The summed E-state index contributed by atoms with van der Waals surface area (Å²) in [7, 11) is 0. The molecule has 0 saturated carbocycles. The van der Waals surface area contributed by atoms with Crippen molar-refractivity contribution in [3.05, 3.63) is 34.6 Å². The highest BCUT2D eigenvalue weighted by molar-refractivity contribution is 9.10. The zero-order valence-electron chi connectivity index (χ0n) is 11.7. The third kappa shape index (κ3) is 3.70. The summed E-state index contributed by atoms with van der Waals surface area (Å²) in [5.41, 5.74) is 0.943. The summed E-state index contributed by atoms with van der Waals surface area (Å²) in [6, 6.07) is 7.86. The topological polar surface area (TPSA) is 62.4 Å². The van der Waals surface area contributed by atoms with Crippen LogP contribution in [0.3, 0.4) is 0 Å². The molecular weight excluding hydrogens is 334 g/mol. The molecule has 6 heteroatoms. The number of likely N-dealkylation sites (tertiary alicyclic amines) is 1. The molecule has 0 aliphatic carbocycles. The average molecular weight is 352 g/mol. The van der Waals surface area contributed by atoms with Crippen LogP contribution < -0.4 is 0 Å². The van der Waals surface area contributed by atoms with E-state index in [2.05, 4.69) is 31.0 Å². The molecule has 5 nitrogen and oxygen atoms in total. The minimum absolute atomic E-state index is 0.270. The van der Waals surface area contributed by atoms with Gasteiger partial charge in [-0.1, -0.05) is 33.2 Å². The molecule has 1 aromatic carbocycles. The number of aliphatic hydroxyl groups excluding tert-OH is 1. The quantitative estimate of drug-likeness (QED) is 0.897. The Morgan fingerprint density at radius 1 is 1.43 bits per heavy atom. The van der Waals surface area contributed by atoms with Crippen molar-refractivity contribution in [1.29, 1.82) is 0 Å². The van der Waals surface area contributed by atoms with Crippen LogP contribution in [0.25, 0.3) is 11.4 Å². The first-order chi connectivity index (χ1) is 10.2. The number of nitrogens with zero attached hydrogens (tertiary/aromatic N) is 3. The lowest BCUT2D eigenvalue weighted by Crippen LogP contribution is -2.20. The molecule has 0 bridgehead atoms. The van der Waals surface area contributed by atoms with Crippen LogP contribution in [0.5, 0.6) is 0 Å². The molecule has 1 aliphatic rings. The largest absolute Gasteiger partial charge is 0.396 e. The van der Waals surface area contributed by atoms with Gasteiger partial charge in [-0.15, -0.1) is 0 Å². The standard InChI is InChI=1S/C15H18BrN3O2/c16-13-3-1-2-12(8-13)15-17-14(21-18-15)10-19-6-4-11(9-19)5-7-20/h1-3,8,11,20H,4-7,9-10H2. The molecular formula is C15H18BrN3O2. The molecule has 1 aromatic heterocycles. The van der Waals surface area contributed by atoms with Crippen LogP contribution >= 0.6 is 15.9 Å². The predicted molar refractivity (Wildman–Crippen MR) is 82.5 cm³/mol. The third-order valence-electron chi connectivity index (χ3n) is 3.82. The van der Waals surface area contributed by atoms with Gasteiger partial charge in [0, 0.05) is 23.2 Å². The van der Waals surface area contributed by atoms with Gasteiger partial charge in [0.2, 0.25) is 11.7 Å². The third-order valence-corrected chi connectivity index (χ3v) is 4.31. The van der Waals surface area contributed by atoms with Crippen molar-refractivity contribution in [2.45, 2.75) is 19.4 Å². The maximum Gasteiger partial charge on any atom is 0.241 e. The molecule has 0 radical (unpaired) electrons. The van der Waals surface area contributed by atoms with Crippen molar-refractivity contribution in [3.63, 3.8) is 0 Å². The Morgan fingerprint density at radius 3 is 3.14 bits per heavy atom. The van der Waals surface area contributed by atoms with E-state index in [9.17, 15) is 0 Å². The number of halogens is 1. The molecule has 1 atom stereocenters. The molecule has 112 valence electrons. The zero-order chi connectivity index (χ0) is 14.7. The second-order valence-electron chi connectivity index (χ2n) is 5.42. The highest BCUT2D eigenvalue weighted by Gasteiger charge is 2.23. The van der Waals surface area contributed by atoms with E-state index >= 15 is 0 Å². The summed E-state index contributed by atoms with van der Waals surface area (Å²) < 4.78 is 6.35. The first-order valence-electron chi connectivity index (χ1n) is 7.16. The molecule has 1 saturated heterocycles. The first-order valence-corrected chi connectivity index (χ1v) is 7.95. The lowest BCUT2D eigenvalue weighted by molar-refractivity contribution is 0.236. The smallest absolute Gasteiger partial charge is 0.241 e. The Kier molecular flexibility index (Phi) is 4.67. The van der Waals surface area contributed by atoms with Gasteiger partial charge in [0.05, 0.1) is 6.54 Å². The molecule has 2 heterocycles. The van der Waals surface area contributed by atoms with E-state index in [1.807, 2.05) is 24.3 Å². The van der Waals surface area contributed by atoms with E-state index in [4.69, 9.17) is 9.63 Å². The Labute approximate surface area is 132 Å². The van der Waals surface area contributed by atoms with Crippen LogP contribution in [0.15, 0.2) is 33.3 Å². The molecule has 1 N–H and O–H groups in total. The van der Waals surface area contributed by atoms with Gasteiger partial charge in [-0.05, 0) is 37.4 Å². The summed E-state index contributed by atoms with van der Waals surface area (Å²) in [6.45, 7) is 2.98. The average Bonchev–Trinajstić information content (AvgIpc) is 3.10. The second-order valence-corrected chi connectivity index (χ2v) is 6.34. The highest BCUT2D eigenvalue weighted by atomic mass is 79.9. The van der Waals surface area contributed by atoms with Crippen molar-refractivity contribution in [3.8, 4) is 11.4 Å². The fourth-order valence-corrected chi connectivity index (χ4v) is 3.13. The monoisotopic (exact) mass is 351 g/mol. The lowest BCUT2D eigenvalue weighted by Gasteiger charge is -2.12. The van der Waals surface area contributed by atoms with Gasteiger partial charge in [0.1, 0.15) is 0 Å². The summed E-state index contributed by atoms with van der Waals surface area (Å²) >= 11 is 3.44. The van der Waals surface area contributed by atoms with Gasteiger partial charge in [0.25, 0.3) is 0 Å². The van der Waals surface area contributed by atoms with Crippen molar-refractivity contribution < 1.29 is 9.63 Å². The molecule has 3 rings (SSSR count). The fraction of sp³-hybridized carbons (Fsp3) is 0.467. The van der Waals surface area contributed by atoms with E-state index in [1.165, 1.54) is 0 Å². The number of benzene rings is 1. The summed E-state index contributed by atoms with van der Waals surface area (Å²) in [5, 5.41) is 13.0. The van der Waals surface area contributed by atoms with Crippen LogP contribution in [0.4, 0.5) is 0 Å². The Morgan fingerprint density at radius 2 is 2.33 bits per heavy atom. The number of aliphatic hydroxyl groups is 1. The Bertz CT molecular complexity index is 602. The normalized spacial score (nSPS) is 19.2.